The molecular weight excluding hydrogens is 394 g/mol. The molecule has 0 amide bonds. The Morgan fingerprint density at radius 2 is 1.55 bits per heavy atom. The maximum absolute atomic E-state index is 12.9. The van der Waals surface area contributed by atoms with Gasteiger partial charge in [0.05, 0.1) is 14.5 Å². The summed E-state index contributed by atoms with van der Waals surface area (Å²) < 4.78 is 26.2. The molecule has 2 rings (SSSR count). The fourth-order valence-electron chi connectivity index (χ4n) is 1.44. The number of aryl methyl sites for hydroxylation is 2. The lowest BCUT2D eigenvalue weighted by molar-refractivity contribution is 0.111. The van der Waals surface area contributed by atoms with E-state index in [-0.39, 0.29) is 11.4 Å². The molecule has 0 saturated heterocycles. The number of carbonyl (C=O) groups is 1. The molecule has 0 spiro atoms. The van der Waals surface area contributed by atoms with Crippen LogP contribution in [0.3, 0.4) is 0 Å². The first-order chi connectivity index (χ1) is 9.35. The maximum Gasteiger partial charge on any atom is 0.153 e. The fraction of sp³-hybridized carbons (Fsp3) is 0.133. The second-order valence-corrected chi connectivity index (χ2v) is 5.89. The number of rotatable bonds is 1. The highest BCUT2D eigenvalue weighted by Crippen LogP contribution is 2.19. The van der Waals surface area contributed by atoms with Gasteiger partial charge in [-0.3, -0.25) is 4.79 Å². The average molecular weight is 406 g/mol. The van der Waals surface area contributed by atoms with E-state index in [9.17, 15) is 13.6 Å². The number of hydrogen-bond acceptors (Lipinski definition) is 1. The summed E-state index contributed by atoms with van der Waals surface area (Å²) >= 11 is 6.07. The number of benzene rings is 2. The summed E-state index contributed by atoms with van der Waals surface area (Å²) in [6.45, 7) is 3.72. The van der Waals surface area contributed by atoms with E-state index in [0.29, 0.717) is 15.2 Å². The van der Waals surface area contributed by atoms with Crippen molar-refractivity contribution >= 4 is 38.1 Å². The molecule has 0 atom stereocenters. The molecule has 0 saturated carbocycles. The van der Waals surface area contributed by atoms with Gasteiger partial charge in [0.25, 0.3) is 0 Å². The molecule has 0 aliphatic heterocycles. The van der Waals surface area contributed by atoms with Crippen LogP contribution in [-0.4, -0.2) is 6.29 Å². The van der Waals surface area contributed by atoms with Crippen LogP contribution in [0.1, 0.15) is 21.5 Å². The summed E-state index contributed by atoms with van der Waals surface area (Å²) in [5.41, 5.74) is 2.01. The Morgan fingerprint density at radius 1 is 0.950 bits per heavy atom. The molecule has 2 aromatic carbocycles. The van der Waals surface area contributed by atoms with Gasteiger partial charge in [-0.25, -0.2) is 8.78 Å². The number of halogens is 4. The molecule has 5 heteroatoms. The third kappa shape index (κ3) is 4.80. The van der Waals surface area contributed by atoms with Crippen molar-refractivity contribution in [1.82, 2.24) is 0 Å². The van der Waals surface area contributed by atoms with Gasteiger partial charge in [-0.15, -0.1) is 0 Å². The molecule has 0 unspecified atom stereocenters. The second kappa shape index (κ2) is 7.64. The van der Waals surface area contributed by atoms with E-state index in [1.165, 1.54) is 12.1 Å². The molecule has 0 bridgehead atoms. The van der Waals surface area contributed by atoms with E-state index >= 15 is 0 Å². The van der Waals surface area contributed by atoms with E-state index in [1.807, 2.05) is 6.92 Å². The van der Waals surface area contributed by atoms with Crippen LogP contribution in [-0.2, 0) is 0 Å². The average Bonchev–Trinajstić information content (AvgIpc) is 2.39. The van der Waals surface area contributed by atoms with Crippen LogP contribution < -0.4 is 0 Å². The molecule has 0 N–H and O–H groups in total. The molecule has 0 aliphatic carbocycles. The van der Waals surface area contributed by atoms with Crippen LogP contribution >= 0.6 is 31.9 Å². The van der Waals surface area contributed by atoms with Crippen LogP contribution in [0, 0.1) is 25.5 Å². The SMILES string of the molecule is Cc1cc(Br)c(F)c(C=O)c1.Cc1ccc(F)c(Br)c1. The standard InChI is InChI=1S/C8H6BrFO.C7H6BrF/c1-5-2-6(4-11)8(10)7(9)3-5;1-5-2-3-7(9)6(8)4-5/h2-4H,1H3;2-4H,1H3. The van der Waals surface area contributed by atoms with Crippen molar-refractivity contribution in [1.29, 1.82) is 0 Å². The van der Waals surface area contributed by atoms with Gasteiger partial charge in [0.15, 0.2) is 6.29 Å². The van der Waals surface area contributed by atoms with Crippen molar-refractivity contribution in [3.05, 3.63) is 67.6 Å². The molecule has 20 heavy (non-hydrogen) atoms. The Labute approximate surface area is 133 Å². The lowest BCUT2D eigenvalue weighted by Gasteiger charge is -1.99. The van der Waals surface area contributed by atoms with Gasteiger partial charge in [-0.05, 0) is 81.1 Å². The van der Waals surface area contributed by atoms with Gasteiger partial charge >= 0.3 is 0 Å². The summed E-state index contributed by atoms with van der Waals surface area (Å²) in [5.74, 6) is -0.703. The maximum atomic E-state index is 12.9. The lowest BCUT2D eigenvalue weighted by Crippen LogP contribution is -1.89. The molecule has 0 heterocycles. The van der Waals surface area contributed by atoms with Crippen molar-refractivity contribution in [2.45, 2.75) is 13.8 Å². The first-order valence-electron chi connectivity index (χ1n) is 5.67. The smallest absolute Gasteiger partial charge is 0.153 e. The highest BCUT2D eigenvalue weighted by Gasteiger charge is 2.05. The zero-order valence-corrected chi connectivity index (χ0v) is 14.1. The van der Waals surface area contributed by atoms with E-state index in [1.54, 1.807) is 25.1 Å². The minimum Gasteiger partial charge on any atom is -0.298 e. The van der Waals surface area contributed by atoms with E-state index in [4.69, 9.17) is 0 Å². The molecule has 0 fully saturated rings. The minimum atomic E-state index is -0.495. The number of hydrogen-bond donors (Lipinski definition) is 0. The molecule has 2 aromatic rings. The van der Waals surface area contributed by atoms with Gasteiger partial charge in [0, 0.05) is 0 Å². The first-order valence-corrected chi connectivity index (χ1v) is 7.26. The zero-order valence-electron chi connectivity index (χ0n) is 10.9. The molecule has 0 radical (unpaired) electrons. The van der Waals surface area contributed by atoms with Crippen LogP contribution in [0.4, 0.5) is 8.78 Å². The fourth-order valence-corrected chi connectivity index (χ4v) is 2.52. The van der Waals surface area contributed by atoms with Crippen LogP contribution in [0.15, 0.2) is 39.3 Å². The van der Waals surface area contributed by atoms with Crippen molar-refractivity contribution in [3.63, 3.8) is 0 Å². The summed E-state index contributed by atoms with van der Waals surface area (Å²) in [5, 5.41) is 0. The minimum absolute atomic E-state index is 0.0943. The Kier molecular flexibility index (Phi) is 6.49. The third-order valence-corrected chi connectivity index (χ3v) is 3.59. The normalized spacial score (nSPS) is 9.70. The predicted octanol–water partition coefficient (Wildman–Crippen LogP) is 5.61. The van der Waals surface area contributed by atoms with Gasteiger partial charge in [-0.1, -0.05) is 6.07 Å². The van der Waals surface area contributed by atoms with Crippen molar-refractivity contribution < 1.29 is 13.6 Å². The highest BCUT2D eigenvalue weighted by atomic mass is 79.9. The largest absolute Gasteiger partial charge is 0.298 e. The molecular formula is C15H12Br2F2O. The monoisotopic (exact) mass is 404 g/mol. The van der Waals surface area contributed by atoms with Crippen molar-refractivity contribution in [3.8, 4) is 0 Å². The second-order valence-electron chi connectivity index (χ2n) is 4.19. The predicted molar refractivity (Wildman–Crippen MR) is 83.1 cm³/mol. The first kappa shape index (κ1) is 17.0. The van der Waals surface area contributed by atoms with Crippen LogP contribution in [0.25, 0.3) is 0 Å². The van der Waals surface area contributed by atoms with Crippen LogP contribution in [0.2, 0.25) is 0 Å². The molecule has 1 nitrogen and oxygen atoms in total. The van der Waals surface area contributed by atoms with Gasteiger partial charge in [0.1, 0.15) is 11.6 Å². The Morgan fingerprint density at radius 3 is 2.05 bits per heavy atom. The molecule has 106 valence electrons. The number of carbonyl (C=O) groups excluding carboxylic acids is 1. The summed E-state index contributed by atoms with van der Waals surface area (Å²) in [7, 11) is 0. The van der Waals surface area contributed by atoms with Gasteiger partial charge < -0.3 is 0 Å². The quantitative estimate of drug-likeness (QED) is 0.564. The lowest BCUT2D eigenvalue weighted by atomic mass is 10.1. The Balaban J connectivity index is 0.000000204. The van der Waals surface area contributed by atoms with Gasteiger partial charge in [-0.2, -0.15) is 0 Å². The highest BCUT2D eigenvalue weighted by molar-refractivity contribution is 9.10. The van der Waals surface area contributed by atoms with E-state index in [0.717, 1.165) is 11.1 Å². The summed E-state index contributed by atoms with van der Waals surface area (Å²) in [4.78, 5) is 10.3. The summed E-state index contributed by atoms with van der Waals surface area (Å²) in [6, 6.07) is 8.06. The Hall–Kier alpha value is -1.07. The van der Waals surface area contributed by atoms with E-state index < -0.39 is 5.82 Å². The molecule has 0 aromatic heterocycles. The molecule has 0 aliphatic rings. The third-order valence-electron chi connectivity index (χ3n) is 2.40. The number of aldehydes is 1. The van der Waals surface area contributed by atoms with Crippen LogP contribution in [0.5, 0.6) is 0 Å². The topological polar surface area (TPSA) is 17.1 Å². The summed E-state index contributed by atoms with van der Waals surface area (Å²) in [6.07, 6.45) is 0.507. The zero-order chi connectivity index (χ0) is 15.3. The van der Waals surface area contributed by atoms with Crippen molar-refractivity contribution in [2.24, 2.45) is 0 Å². The van der Waals surface area contributed by atoms with Gasteiger partial charge in [0.2, 0.25) is 0 Å². The van der Waals surface area contributed by atoms with Crippen molar-refractivity contribution in [2.75, 3.05) is 0 Å². The van der Waals surface area contributed by atoms with E-state index in [2.05, 4.69) is 31.9 Å². The Bertz CT molecular complexity index is 628.